The highest BCUT2D eigenvalue weighted by atomic mass is 16.4. The predicted molar refractivity (Wildman–Crippen MR) is 75.2 cm³/mol. The molecule has 0 aliphatic heterocycles. The fourth-order valence-electron chi connectivity index (χ4n) is 1.86. The number of aliphatic carboxylic acids is 1. The van der Waals surface area contributed by atoms with Crippen molar-refractivity contribution in [1.29, 1.82) is 0 Å². The van der Waals surface area contributed by atoms with E-state index < -0.39 is 12.0 Å². The van der Waals surface area contributed by atoms with Gasteiger partial charge in [-0.2, -0.15) is 0 Å². The second kappa shape index (κ2) is 7.49. The molecule has 0 spiro atoms. The van der Waals surface area contributed by atoms with Crippen LogP contribution in [0.3, 0.4) is 0 Å². The minimum Gasteiger partial charge on any atom is -0.480 e. The summed E-state index contributed by atoms with van der Waals surface area (Å²) in [6.07, 6.45) is 0.177. The van der Waals surface area contributed by atoms with Gasteiger partial charge in [-0.15, -0.1) is 0 Å². The lowest BCUT2D eigenvalue weighted by Crippen LogP contribution is -2.41. The number of nitrogen functional groups attached to an aromatic ring is 1. The van der Waals surface area contributed by atoms with Crippen molar-refractivity contribution in [2.75, 3.05) is 12.3 Å². The van der Waals surface area contributed by atoms with Gasteiger partial charge < -0.3 is 21.3 Å². The van der Waals surface area contributed by atoms with Crippen LogP contribution in [0.15, 0.2) is 24.3 Å². The number of benzene rings is 1. The molecule has 0 saturated carbocycles. The molecule has 0 fully saturated rings. The number of rotatable bonds is 7. The zero-order chi connectivity index (χ0) is 15.1. The summed E-state index contributed by atoms with van der Waals surface area (Å²) in [4.78, 5) is 22.7. The molecule has 1 aromatic rings. The average Bonchev–Trinajstić information content (AvgIpc) is 2.38. The van der Waals surface area contributed by atoms with E-state index in [-0.39, 0.29) is 31.3 Å². The Labute approximate surface area is 117 Å². The lowest BCUT2D eigenvalue weighted by molar-refractivity contribution is -0.142. The van der Waals surface area contributed by atoms with Crippen LogP contribution in [0.1, 0.15) is 31.2 Å². The van der Waals surface area contributed by atoms with Gasteiger partial charge in [0.2, 0.25) is 5.91 Å². The Morgan fingerprint density at radius 3 is 2.40 bits per heavy atom. The summed E-state index contributed by atoms with van der Waals surface area (Å²) in [5.41, 5.74) is 7.21. The van der Waals surface area contributed by atoms with Gasteiger partial charge >= 0.3 is 5.97 Å². The number of hydrogen-bond acceptors (Lipinski definition) is 4. The van der Waals surface area contributed by atoms with Crippen molar-refractivity contribution in [3.63, 3.8) is 0 Å². The van der Waals surface area contributed by atoms with Crippen LogP contribution in [0.4, 0.5) is 5.69 Å². The molecule has 1 amide bonds. The topological polar surface area (TPSA) is 113 Å². The fraction of sp³-hybridized carbons (Fsp3) is 0.429. The maximum atomic E-state index is 11.8. The van der Waals surface area contributed by atoms with Crippen molar-refractivity contribution in [1.82, 2.24) is 5.32 Å². The summed E-state index contributed by atoms with van der Waals surface area (Å²) in [6.45, 7) is 1.59. The number of carboxylic acids is 1. The number of aliphatic hydroxyl groups is 1. The number of aliphatic hydroxyl groups excluding tert-OH is 1. The molecule has 6 heteroatoms. The molecule has 5 N–H and O–H groups in total. The van der Waals surface area contributed by atoms with Crippen molar-refractivity contribution < 1.29 is 19.8 Å². The highest BCUT2D eigenvalue weighted by Crippen LogP contribution is 2.20. The molecule has 110 valence electrons. The van der Waals surface area contributed by atoms with Crippen LogP contribution in [0.5, 0.6) is 0 Å². The van der Waals surface area contributed by atoms with E-state index in [4.69, 9.17) is 15.9 Å². The SMILES string of the molecule is CC(CC(=O)NC(CCO)C(=O)O)c1ccc(N)cc1. The number of nitrogens with two attached hydrogens (primary N) is 1. The van der Waals surface area contributed by atoms with Crippen LogP contribution in [0, 0.1) is 0 Å². The van der Waals surface area contributed by atoms with E-state index in [2.05, 4.69) is 5.32 Å². The van der Waals surface area contributed by atoms with E-state index in [1.54, 1.807) is 12.1 Å². The zero-order valence-corrected chi connectivity index (χ0v) is 11.4. The van der Waals surface area contributed by atoms with Crippen molar-refractivity contribution in [2.45, 2.75) is 31.7 Å². The summed E-state index contributed by atoms with van der Waals surface area (Å²) in [5.74, 6) is -1.54. The van der Waals surface area contributed by atoms with Crippen LogP contribution < -0.4 is 11.1 Å². The molecule has 0 aliphatic rings. The highest BCUT2D eigenvalue weighted by molar-refractivity contribution is 5.83. The van der Waals surface area contributed by atoms with Gasteiger partial charge in [0.1, 0.15) is 6.04 Å². The Balaban J connectivity index is 2.56. The molecule has 20 heavy (non-hydrogen) atoms. The Bertz CT molecular complexity index is 459. The normalized spacial score (nSPS) is 13.5. The summed E-state index contributed by atoms with van der Waals surface area (Å²) in [6, 6.07) is 6.15. The van der Waals surface area contributed by atoms with Crippen molar-refractivity contribution >= 4 is 17.6 Å². The molecule has 1 aromatic carbocycles. The first kappa shape index (κ1) is 16.0. The molecule has 0 saturated heterocycles. The van der Waals surface area contributed by atoms with Gasteiger partial charge in [-0.25, -0.2) is 4.79 Å². The van der Waals surface area contributed by atoms with E-state index in [1.807, 2.05) is 19.1 Å². The third-order valence-corrected chi connectivity index (χ3v) is 3.05. The predicted octanol–water partition coefficient (Wildman–Crippen LogP) is 0.714. The first-order chi connectivity index (χ1) is 9.43. The highest BCUT2D eigenvalue weighted by Gasteiger charge is 2.20. The van der Waals surface area contributed by atoms with Gasteiger partial charge in [0, 0.05) is 25.1 Å². The van der Waals surface area contributed by atoms with Crippen LogP contribution in [-0.2, 0) is 9.59 Å². The van der Waals surface area contributed by atoms with Gasteiger partial charge in [0.15, 0.2) is 0 Å². The zero-order valence-electron chi connectivity index (χ0n) is 11.4. The molecule has 0 radical (unpaired) electrons. The Morgan fingerprint density at radius 2 is 1.90 bits per heavy atom. The van der Waals surface area contributed by atoms with E-state index in [0.29, 0.717) is 5.69 Å². The quantitative estimate of drug-likeness (QED) is 0.550. The summed E-state index contributed by atoms with van der Waals surface area (Å²) in [7, 11) is 0. The molecule has 0 bridgehead atoms. The van der Waals surface area contributed by atoms with E-state index in [9.17, 15) is 9.59 Å². The molecule has 0 aliphatic carbocycles. The molecular formula is C14H20N2O4. The lowest BCUT2D eigenvalue weighted by atomic mass is 9.97. The Morgan fingerprint density at radius 1 is 1.30 bits per heavy atom. The number of carboxylic acid groups (broad SMARTS) is 1. The number of hydrogen-bond donors (Lipinski definition) is 4. The molecule has 2 unspecified atom stereocenters. The fourth-order valence-corrected chi connectivity index (χ4v) is 1.86. The van der Waals surface area contributed by atoms with Gasteiger partial charge in [0.25, 0.3) is 0 Å². The second-order valence-electron chi connectivity index (χ2n) is 4.74. The Kier molecular flexibility index (Phi) is 5.99. The van der Waals surface area contributed by atoms with E-state index in [1.165, 1.54) is 0 Å². The van der Waals surface area contributed by atoms with Crippen molar-refractivity contribution in [3.05, 3.63) is 29.8 Å². The summed E-state index contributed by atoms with van der Waals surface area (Å²) in [5, 5.41) is 20.1. The Hall–Kier alpha value is -2.08. The third-order valence-electron chi connectivity index (χ3n) is 3.05. The number of amides is 1. The van der Waals surface area contributed by atoms with Crippen molar-refractivity contribution in [2.24, 2.45) is 0 Å². The smallest absolute Gasteiger partial charge is 0.326 e. The van der Waals surface area contributed by atoms with Crippen LogP contribution in [0.25, 0.3) is 0 Å². The minimum atomic E-state index is -1.15. The molecule has 0 heterocycles. The standard InChI is InChI=1S/C14H20N2O4/c1-9(10-2-4-11(15)5-3-10)8-13(18)16-12(6-7-17)14(19)20/h2-5,9,12,17H,6-8,15H2,1H3,(H,16,18)(H,19,20). The van der Waals surface area contributed by atoms with E-state index in [0.717, 1.165) is 5.56 Å². The third kappa shape index (κ3) is 4.89. The van der Waals surface area contributed by atoms with Gasteiger partial charge in [0.05, 0.1) is 0 Å². The first-order valence-electron chi connectivity index (χ1n) is 6.42. The largest absolute Gasteiger partial charge is 0.480 e. The number of nitrogens with one attached hydrogen (secondary N) is 1. The molecular weight excluding hydrogens is 260 g/mol. The lowest BCUT2D eigenvalue weighted by Gasteiger charge is -2.16. The van der Waals surface area contributed by atoms with Gasteiger partial charge in [-0.1, -0.05) is 19.1 Å². The maximum Gasteiger partial charge on any atom is 0.326 e. The first-order valence-corrected chi connectivity index (χ1v) is 6.42. The van der Waals surface area contributed by atoms with Crippen molar-refractivity contribution in [3.8, 4) is 0 Å². The van der Waals surface area contributed by atoms with E-state index >= 15 is 0 Å². The summed E-state index contributed by atoms with van der Waals surface area (Å²) < 4.78 is 0. The number of anilines is 1. The van der Waals surface area contributed by atoms with Crippen LogP contribution >= 0.6 is 0 Å². The molecule has 2 atom stereocenters. The second-order valence-corrected chi connectivity index (χ2v) is 4.74. The molecule has 6 nitrogen and oxygen atoms in total. The average molecular weight is 280 g/mol. The van der Waals surface area contributed by atoms with Crippen LogP contribution in [-0.4, -0.2) is 34.7 Å². The van der Waals surface area contributed by atoms with Gasteiger partial charge in [-0.3, -0.25) is 4.79 Å². The number of carbonyl (C=O) groups excluding carboxylic acids is 1. The molecule has 0 aromatic heterocycles. The van der Waals surface area contributed by atoms with Crippen LogP contribution in [0.2, 0.25) is 0 Å². The monoisotopic (exact) mass is 280 g/mol. The van der Waals surface area contributed by atoms with Gasteiger partial charge in [-0.05, 0) is 23.6 Å². The number of carbonyl (C=O) groups is 2. The minimum absolute atomic E-state index is 0.00265. The maximum absolute atomic E-state index is 11.8. The summed E-state index contributed by atoms with van der Waals surface area (Å²) >= 11 is 0. The molecule has 1 rings (SSSR count).